The topological polar surface area (TPSA) is 9.72 Å². The molecule has 2 fully saturated rings. The Kier molecular flexibility index (Phi) is 7.19. The van der Waals surface area contributed by atoms with Crippen LogP contribution in [-0.4, -0.2) is 54.1 Å². The van der Waals surface area contributed by atoms with Gasteiger partial charge in [0.25, 0.3) is 0 Å². The van der Waals surface area contributed by atoms with Gasteiger partial charge in [-0.3, -0.25) is 14.7 Å². The summed E-state index contributed by atoms with van der Waals surface area (Å²) in [5.41, 5.74) is 4.49. The largest absolute Gasteiger partial charge is 0.299 e. The van der Waals surface area contributed by atoms with Crippen molar-refractivity contribution < 1.29 is 4.39 Å². The number of nitrogens with zero attached hydrogens (tertiary/aromatic N) is 3. The molecule has 162 valence electrons. The third-order valence-electron chi connectivity index (χ3n) is 6.26. The zero-order chi connectivity index (χ0) is 20.9. The molecule has 4 heteroatoms. The maximum absolute atomic E-state index is 14.3. The van der Waals surface area contributed by atoms with Crippen LogP contribution in [0, 0.1) is 11.7 Å². The first-order valence-electron chi connectivity index (χ1n) is 11.6. The maximum atomic E-state index is 14.3. The van der Waals surface area contributed by atoms with Gasteiger partial charge in [0.2, 0.25) is 0 Å². The quantitative estimate of drug-likeness (QED) is 0.622. The van der Waals surface area contributed by atoms with Gasteiger partial charge >= 0.3 is 0 Å². The molecule has 0 bridgehead atoms. The molecule has 0 saturated carbocycles. The minimum absolute atomic E-state index is 0.133. The van der Waals surface area contributed by atoms with Crippen LogP contribution in [0.3, 0.4) is 0 Å². The average Bonchev–Trinajstić information content (AvgIpc) is 3.15. The van der Waals surface area contributed by atoms with Gasteiger partial charge in [-0.1, -0.05) is 44.5 Å². The number of benzene rings is 2. The van der Waals surface area contributed by atoms with Gasteiger partial charge in [0.1, 0.15) is 5.82 Å². The zero-order valence-corrected chi connectivity index (χ0v) is 18.6. The molecule has 0 unspecified atom stereocenters. The Labute approximate surface area is 181 Å². The van der Waals surface area contributed by atoms with Crippen molar-refractivity contribution in [1.82, 2.24) is 14.7 Å². The van der Waals surface area contributed by atoms with E-state index in [0.717, 1.165) is 62.0 Å². The van der Waals surface area contributed by atoms with E-state index in [9.17, 15) is 4.39 Å². The first-order chi connectivity index (χ1) is 14.5. The number of rotatable bonds is 7. The number of halogens is 1. The molecule has 0 spiro atoms. The summed E-state index contributed by atoms with van der Waals surface area (Å²) < 4.78 is 14.3. The molecule has 0 atom stereocenters. The van der Waals surface area contributed by atoms with Crippen molar-refractivity contribution in [2.24, 2.45) is 5.92 Å². The second-order valence-electron chi connectivity index (χ2n) is 9.55. The lowest BCUT2D eigenvalue weighted by atomic mass is 10.0. The van der Waals surface area contributed by atoms with Crippen LogP contribution in [-0.2, 0) is 13.1 Å². The van der Waals surface area contributed by atoms with E-state index in [-0.39, 0.29) is 5.82 Å². The van der Waals surface area contributed by atoms with Crippen LogP contribution in [0.15, 0.2) is 42.5 Å². The second kappa shape index (κ2) is 10.0. The molecule has 2 aromatic carbocycles. The summed E-state index contributed by atoms with van der Waals surface area (Å²) in [6.07, 6.45) is 3.84. The molecular formula is C26H36FN3. The van der Waals surface area contributed by atoms with Gasteiger partial charge < -0.3 is 0 Å². The number of hydrogen-bond donors (Lipinski definition) is 0. The Balaban J connectivity index is 1.39. The van der Waals surface area contributed by atoms with Gasteiger partial charge in [0, 0.05) is 32.7 Å². The van der Waals surface area contributed by atoms with Crippen molar-refractivity contribution in [3.05, 3.63) is 59.4 Å². The Morgan fingerprint density at radius 3 is 2.17 bits per heavy atom. The summed E-state index contributed by atoms with van der Waals surface area (Å²) >= 11 is 0. The third-order valence-corrected chi connectivity index (χ3v) is 6.26. The van der Waals surface area contributed by atoms with Crippen LogP contribution in [0.5, 0.6) is 0 Å². The predicted octanol–water partition coefficient (Wildman–Crippen LogP) is 5.21. The van der Waals surface area contributed by atoms with Gasteiger partial charge in [0.05, 0.1) is 6.67 Å². The van der Waals surface area contributed by atoms with Crippen molar-refractivity contribution in [2.75, 3.05) is 39.4 Å². The number of likely N-dealkylation sites (tertiary alicyclic amines) is 1. The van der Waals surface area contributed by atoms with Gasteiger partial charge in [-0.05, 0) is 72.3 Å². The molecule has 0 aromatic heterocycles. The molecule has 2 aliphatic heterocycles. The summed E-state index contributed by atoms with van der Waals surface area (Å²) in [6.45, 7) is 13.2. The Hall–Kier alpha value is -1.75. The van der Waals surface area contributed by atoms with Crippen LogP contribution in [0.4, 0.5) is 4.39 Å². The van der Waals surface area contributed by atoms with Crippen molar-refractivity contribution >= 4 is 0 Å². The first kappa shape index (κ1) is 21.5. The minimum Gasteiger partial charge on any atom is -0.299 e. The summed E-state index contributed by atoms with van der Waals surface area (Å²) in [6, 6.07) is 14.2. The van der Waals surface area contributed by atoms with E-state index >= 15 is 0 Å². The normalized spacial score (nSPS) is 19.1. The number of piperidine rings is 1. The van der Waals surface area contributed by atoms with Crippen LogP contribution in [0.25, 0.3) is 11.1 Å². The van der Waals surface area contributed by atoms with Crippen LogP contribution >= 0.6 is 0 Å². The SMILES string of the molecule is CC(C)CN1CCN(Cc2ccc(-c3cc(F)cc(CN4CCCCC4)c3)cc2)C1. The van der Waals surface area contributed by atoms with E-state index in [1.807, 2.05) is 0 Å². The van der Waals surface area contributed by atoms with Crippen molar-refractivity contribution in [2.45, 2.75) is 46.2 Å². The van der Waals surface area contributed by atoms with Crippen molar-refractivity contribution in [3.8, 4) is 11.1 Å². The first-order valence-corrected chi connectivity index (χ1v) is 11.6. The summed E-state index contributed by atoms with van der Waals surface area (Å²) in [4.78, 5) is 7.50. The fourth-order valence-electron chi connectivity index (χ4n) is 4.85. The fraction of sp³-hybridized carbons (Fsp3) is 0.538. The molecule has 2 aliphatic rings. The fourth-order valence-corrected chi connectivity index (χ4v) is 4.85. The van der Waals surface area contributed by atoms with Crippen molar-refractivity contribution in [3.63, 3.8) is 0 Å². The molecule has 4 rings (SSSR count). The smallest absolute Gasteiger partial charge is 0.124 e. The number of hydrogen-bond acceptors (Lipinski definition) is 3. The Morgan fingerprint density at radius 1 is 0.733 bits per heavy atom. The molecule has 30 heavy (non-hydrogen) atoms. The van der Waals surface area contributed by atoms with Crippen LogP contribution < -0.4 is 0 Å². The third kappa shape index (κ3) is 5.90. The molecular weight excluding hydrogens is 373 g/mol. The highest BCUT2D eigenvalue weighted by Gasteiger charge is 2.20. The lowest BCUT2D eigenvalue weighted by Gasteiger charge is -2.26. The molecule has 0 amide bonds. The molecule has 3 nitrogen and oxygen atoms in total. The molecule has 0 radical (unpaired) electrons. The molecule has 0 N–H and O–H groups in total. The maximum Gasteiger partial charge on any atom is 0.124 e. The Morgan fingerprint density at radius 2 is 1.43 bits per heavy atom. The van der Waals surface area contributed by atoms with E-state index in [1.54, 1.807) is 12.1 Å². The van der Waals surface area contributed by atoms with E-state index < -0.39 is 0 Å². The lowest BCUT2D eigenvalue weighted by Crippen LogP contribution is -2.29. The van der Waals surface area contributed by atoms with E-state index in [4.69, 9.17) is 0 Å². The van der Waals surface area contributed by atoms with Gasteiger partial charge in [-0.2, -0.15) is 0 Å². The standard InChI is InChI=1S/C26H36FN3/c1-21(2)17-29-12-13-30(20-29)18-22-6-8-24(9-7-22)25-14-23(15-26(27)16-25)19-28-10-4-3-5-11-28/h6-9,14-16,21H,3-5,10-13,17-20H2,1-2H3. The summed E-state index contributed by atoms with van der Waals surface area (Å²) in [5.74, 6) is 0.584. The molecule has 2 aromatic rings. The highest BCUT2D eigenvalue weighted by molar-refractivity contribution is 5.64. The van der Waals surface area contributed by atoms with Gasteiger partial charge in [-0.15, -0.1) is 0 Å². The second-order valence-corrected chi connectivity index (χ2v) is 9.55. The van der Waals surface area contributed by atoms with Gasteiger partial charge in [-0.25, -0.2) is 4.39 Å². The molecule has 0 aliphatic carbocycles. The monoisotopic (exact) mass is 409 g/mol. The highest BCUT2D eigenvalue weighted by atomic mass is 19.1. The summed E-state index contributed by atoms with van der Waals surface area (Å²) in [5, 5.41) is 0. The zero-order valence-electron chi connectivity index (χ0n) is 18.6. The predicted molar refractivity (Wildman–Crippen MR) is 123 cm³/mol. The highest BCUT2D eigenvalue weighted by Crippen LogP contribution is 2.25. The molecule has 2 saturated heterocycles. The van der Waals surface area contributed by atoms with E-state index in [2.05, 4.69) is 58.9 Å². The van der Waals surface area contributed by atoms with Gasteiger partial charge in [0.15, 0.2) is 0 Å². The van der Waals surface area contributed by atoms with Crippen molar-refractivity contribution in [1.29, 1.82) is 0 Å². The van der Waals surface area contributed by atoms with E-state index in [0.29, 0.717) is 0 Å². The van der Waals surface area contributed by atoms with Crippen LogP contribution in [0.2, 0.25) is 0 Å². The molecule has 2 heterocycles. The average molecular weight is 410 g/mol. The van der Waals surface area contributed by atoms with Crippen LogP contribution in [0.1, 0.15) is 44.2 Å². The lowest BCUT2D eigenvalue weighted by molar-refractivity contribution is 0.220. The Bertz CT molecular complexity index is 812. The van der Waals surface area contributed by atoms with E-state index in [1.165, 1.54) is 37.9 Å². The minimum atomic E-state index is -0.133. The summed E-state index contributed by atoms with van der Waals surface area (Å²) in [7, 11) is 0.